The van der Waals surface area contributed by atoms with Crippen LogP contribution in [0.25, 0.3) is 0 Å². The van der Waals surface area contributed by atoms with Crippen molar-refractivity contribution in [3.63, 3.8) is 0 Å². The molecule has 0 aliphatic heterocycles. The zero-order valence-corrected chi connectivity index (χ0v) is 12.9. The second kappa shape index (κ2) is 9.83. The zero-order chi connectivity index (χ0) is 13.2. The Labute approximate surface area is 115 Å². The third-order valence-corrected chi connectivity index (χ3v) is 4.58. The molecule has 0 bridgehead atoms. The highest BCUT2D eigenvalue weighted by Crippen LogP contribution is 2.46. The fraction of sp³-hybridized carbons (Fsp3) is 1.00. The first-order valence-corrected chi connectivity index (χ1v) is 8.30. The fourth-order valence-electron chi connectivity index (χ4n) is 3.21. The summed E-state index contributed by atoms with van der Waals surface area (Å²) in [6.07, 6.45) is 14.3. The van der Waals surface area contributed by atoms with Gasteiger partial charge in [-0.2, -0.15) is 0 Å². The molecule has 0 saturated heterocycles. The zero-order valence-electron chi connectivity index (χ0n) is 12.9. The predicted molar refractivity (Wildman–Crippen MR) is 79.9 cm³/mol. The van der Waals surface area contributed by atoms with E-state index in [4.69, 9.17) is 4.74 Å². The van der Waals surface area contributed by atoms with Crippen LogP contribution < -0.4 is 0 Å². The van der Waals surface area contributed by atoms with Gasteiger partial charge in [0.25, 0.3) is 0 Å². The number of ether oxygens (including phenoxy) is 1. The van der Waals surface area contributed by atoms with Crippen molar-refractivity contribution >= 4 is 0 Å². The smallest absolute Gasteiger partial charge is 0.0465 e. The Morgan fingerprint density at radius 2 is 1.72 bits per heavy atom. The molecule has 18 heavy (non-hydrogen) atoms. The van der Waals surface area contributed by atoms with Crippen molar-refractivity contribution in [2.45, 2.75) is 78.1 Å². The van der Waals surface area contributed by atoms with Gasteiger partial charge in [0.15, 0.2) is 0 Å². The molecule has 1 heteroatoms. The molecule has 1 aliphatic carbocycles. The van der Waals surface area contributed by atoms with Gasteiger partial charge in [-0.15, -0.1) is 0 Å². The summed E-state index contributed by atoms with van der Waals surface area (Å²) in [5.74, 6) is 3.07. The van der Waals surface area contributed by atoms with E-state index in [9.17, 15) is 0 Å². The topological polar surface area (TPSA) is 9.23 Å². The Morgan fingerprint density at radius 1 is 1.00 bits per heavy atom. The minimum absolute atomic E-state index is 0.969. The fourth-order valence-corrected chi connectivity index (χ4v) is 3.21. The molecule has 0 aromatic carbocycles. The monoisotopic (exact) mass is 254 g/mol. The molecule has 0 heterocycles. The van der Waals surface area contributed by atoms with Gasteiger partial charge in [-0.3, -0.25) is 0 Å². The van der Waals surface area contributed by atoms with Gasteiger partial charge in [0, 0.05) is 13.7 Å². The summed E-state index contributed by atoms with van der Waals surface area (Å²) in [4.78, 5) is 0. The molecule has 3 atom stereocenters. The highest BCUT2D eigenvalue weighted by Gasteiger charge is 2.37. The van der Waals surface area contributed by atoms with E-state index in [1.807, 2.05) is 7.11 Å². The maximum atomic E-state index is 5.19. The lowest BCUT2D eigenvalue weighted by Crippen LogP contribution is -2.03. The lowest BCUT2D eigenvalue weighted by atomic mass is 9.90. The standard InChI is InChI=1S/C17H34O/c1-4-6-8-10-15(9-7-5-2)13-17-14-16(17)11-12-18-3/h15-17H,4-14H2,1-3H3. The number of unbranched alkanes of at least 4 members (excludes halogenated alkanes) is 3. The van der Waals surface area contributed by atoms with E-state index in [-0.39, 0.29) is 0 Å². The summed E-state index contributed by atoms with van der Waals surface area (Å²) in [6.45, 7) is 5.60. The van der Waals surface area contributed by atoms with Crippen LogP contribution in [-0.4, -0.2) is 13.7 Å². The number of hydrogen-bond acceptors (Lipinski definition) is 1. The first-order chi connectivity index (χ1) is 8.81. The Hall–Kier alpha value is -0.0400. The first kappa shape index (κ1) is 16.0. The van der Waals surface area contributed by atoms with E-state index in [0.29, 0.717) is 0 Å². The van der Waals surface area contributed by atoms with Gasteiger partial charge in [-0.25, -0.2) is 0 Å². The van der Waals surface area contributed by atoms with Crippen LogP contribution in [-0.2, 0) is 4.74 Å². The summed E-state index contributed by atoms with van der Waals surface area (Å²) in [5.41, 5.74) is 0. The average molecular weight is 254 g/mol. The minimum Gasteiger partial charge on any atom is -0.385 e. The molecule has 0 aromatic rings. The van der Waals surface area contributed by atoms with Gasteiger partial charge < -0.3 is 4.74 Å². The van der Waals surface area contributed by atoms with E-state index in [1.165, 1.54) is 64.2 Å². The summed E-state index contributed by atoms with van der Waals surface area (Å²) in [6, 6.07) is 0. The molecule has 0 radical (unpaired) electrons. The lowest BCUT2D eigenvalue weighted by Gasteiger charge is -2.16. The number of rotatable bonds is 12. The van der Waals surface area contributed by atoms with E-state index in [0.717, 1.165) is 24.4 Å². The summed E-state index contributed by atoms with van der Waals surface area (Å²) >= 11 is 0. The van der Waals surface area contributed by atoms with Crippen LogP contribution in [0.3, 0.4) is 0 Å². The van der Waals surface area contributed by atoms with Gasteiger partial charge in [-0.05, 0) is 37.0 Å². The Bertz CT molecular complexity index is 190. The summed E-state index contributed by atoms with van der Waals surface area (Å²) < 4.78 is 5.19. The van der Waals surface area contributed by atoms with E-state index < -0.39 is 0 Å². The van der Waals surface area contributed by atoms with Crippen LogP contribution in [0.1, 0.15) is 78.1 Å². The predicted octanol–water partition coefficient (Wildman–Crippen LogP) is 5.44. The van der Waals surface area contributed by atoms with Crippen LogP contribution in [0, 0.1) is 17.8 Å². The normalized spacial score (nSPS) is 24.2. The SMILES string of the molecule is CCCCCC(CCCC)CC1CC1CCOC. The molecule has 0 amide bonds. The molecule has 0 aromatic heterocycles. The molecule has 1 nitrogen and oxygen atoms in total. The maximum Gasteiger partial charge on any atom is 0.0465 e. The maximum absolute atomic E-state index is 5.19. The third-order valence-electron chi connectivity index (χ3n) is 4.58. The molecular formula is C17H34O. The quantitative estimate of drug-likeness (QED) is 0.422. The lowest BCUT2D eigenvalue weighted by molar-refractivity contribution is 0.187. The Morgan fingerprint density at radius 3 is 2.39 bits per heavy atom. The Kier molecular flexibility index (Phi) is 8.75. The molecular weight excluding hydrogens is 220 g/mol. The molecule has 108 valence electrons. The van der Waals surface area contributed by atoms with Crippen LogP contribution in [0.15, 0.2) is 0 Å². The second-order valence-corrected chi connectivity index (χ2v) is 6.28. The average Bonchev–Trinajstić information content (AvgIpc) is 3.11. The molecule has 1 saturated carbocycles. The molecule has 1 aliphatic rings. The van der Waals surface area contributed by atoms with Crippen LogP contribution in [0.4, 0.5) is 0 Å². The molecule has 1 fully saturated rings. The molecule has 0 spiro atoms. The van der Waals surface area contributed by atoms with Crippen molar-refractivity contribution in [1.29, 1.82) is 0 Å². The van der Waals surface area contributed by atoms with E-state index >= 15 is 0 Å². The molecule has 1 rings (SSSR count). The van der Waals surface area contributed by atoms with Crippen molar-refractivity contribution in [2.75, 3.05) is 13.7 Å². The van der Waals surface area contributed by atoms with Gasteiger partial charge in [0.1, 0.15) is 0 Å². The van der Waals surface area contributed by atoms with Gasteiger partial charge >= 0.3 is 0 Å². The van der Waals surface area contributed by atoms with Crippen LogP contribution in [0.2, 0.25) is 0 Å². The largest absolute Gasteiger partial charge is 0.385 e. The highest BCUT2D eigenvalue weighted by atomic mass is 16.5. The Balaban J connectivity index is 2.15. The van der Waals surface area contributed by atoms with Crippen molar-refractivity contribution in [3.05, 3.63) is 0 Å². The molecule has 0 N–H and O–H groups in total. The number of hydrogen-bond donors (Lipinski definition) is 0. The van der Waals surface area contributed by atoms with Crippen LogP contribution in [0.5, 0.6) is 0 Å². The highest BCUT2D eigenvalue weighted by molar-refractivity contribution is 4.87. The third kappa shape index (κ3) is 6.78. The summed E-state index contributed by atoms with van der Waals surface area (Å²) in [5, 5.41) is 0. The van der Waals surface area contributed by atoms with Crippen molar-refractivity contribution in [2.24, 2.45) is 17.8 Å². The van der Waals surface area contributed by atoms with Crippen molar-refractivity contribution < 1.29 is 4.74 Å². The number of methoxy groups -OCH3 is 1. The first-order valence-electron chi connectivity index (χ1n) is 8.30. The van der Waals surface area contributed by atoms with Crippen molar-refractivity contribution in [3.8, 4) is 0 Å². The second-order valence-electron chi connectivity index (χ2n) is 6.28. The van der Waals surface area contributed by atoms with Crippen molar-refractivity contribution in [1.82, 2.24) is 0 Å². The van der Waals surface area contributed by atoms with Gasteiger partial charge in [0.2, 0.25) is 0 Å². The van der Waals surface area contributed by atoms with E-state index in [2.05, 4.69) is 13.8 Å². The minimum atomic E-state index is 0.969. The molecule has 3 unspecified atom stereocenters. The van der Waals surface area contributed by atoms with E-state index in [1.54, 1.807) is 0 Å². The van der Waals surface area contributed by atoms with Crippen LogP contribution >= 0.6 is 0 Å². The summed E-state index contributed by atoms with van der Waals surface area (Å²) in [7, 11) is 1.83. The van der Waals surface area contributed by atoms with Gasteiger partial charge in [0.05, 0.1) is 0 Å². The van der Waals surface area contributed by atoms with Gasteiger partial charge in [-0.1, -0.05) is 58.8 Å².